The number of carbonyl (C=O) groups is 2. The van der Waals surface area contributed by atoms with Crippen molar-refractivity contribution in [2.24, 2.45) is 0 Å². The largest absolute Gasteiger partial charge is 0.496 e. The molecule has 0 saturated carbocycles. The van der Waals surface area contributed by atoms with Crippen LogP contribution in [-0.4, -0.2) is 52.5 Å². The Morgan fingerprint density at radius 3 is 2.35 bits per heavy atom. The van der Waals surface area contributed by atoms with Gasteiger partial charge >= 0.3 is 12.1 Å². The average molecular weight is 568 g/mol. The number of aryl methyl sites for hydroxylation is 1. The summed E-state index contributed by atoms with van der Waals surface area (Å²) < 4.78 is 16.9. The standard InChI is InChI=1S/C31H34ClNO7/c1-31(2,3)40-30(37)33(18-27(34)20-5-9-22(32)10-6-20)23-11-7-19-8-12-24(16-21(19)15-23)39-25-13-14-28(38-4)26(17-25)29(35)36/h5-6,8-10,12-14,16-17,23,27,34H,7,11,15,18H2,1-4H3,(H,35,36)/t23-,27+/m0/s1. The number of carboxylic acids is 1. The van der Waals surface area contributed by atoms with Crippen LogP contribution in [0, 0.1) is 0 Å². The molecule has 0 radical (unpaired) electrons. The van der Waals surface area contributed by atoms with Gasteiger partial charge in [0.05, 0.1) is 19.8 Å². The van der Waals surface area contributed by atoms with Crippen molar-refractivity contribution >= 4 is 23.7 Å². The molecule has 3 aromatic rings. The predicted octanol–water partition coefficient (Wildman–Crippen LogP) is 6.67. The fraction of sp³-hybridized carbons (Fsp3) is 0.355. The first-order valence-corrected chi connectivity index (χ1v) is 13.5. The molecule has 0 heterocycles. The Hall–Kier alpha value is -3.75. The number of carbonyl (C=O) groups excluding carboxylic acids is 1. The number of nitrogens with zero attached hydrogens (tertiary/aromatic N) is 1. The third-order valence-electron chi connectivity index (χ3n) is 6.71. The summed E-state index contributed by atoms with van der Waals surface area (Å²) in [6, 6.07) is 17.1. The van der Waals surface area contributed by atoms with Crippen LogP contribution in [0.5, 0.6) is 17.2 Å². The zero-order valence-corrected chi connectivity index (χ0v) is 23.8. The fourth-order valence-corrected chi connectivity index (χ4v) is 4.89. The van der Waals surface area contributed by atoms with E-state index in [-0.39, 0.29) is 23.9 Å². The molecule has 0 saturated heterocycles. The first-order chi connectivity index (χ1) is 18.9. The van der Waals surface area contributed by atoms with E-state index >= 15 is 0 Å². The van der Waals surface area contributed by atoms with Gasteiger partial charge in [0.15, 0.2) is 0 Å². The van der Waals surface area contributed by atoms with Crippen LogP contribution in [0.1, 0.15) is 60.3 Å². The second-order valence-electron chi connectivity index (χ2n) is 10.8. The Labute approximate surface area is 239 Å². The summed E-state index contributed by atoms with van der Waals surface area (Å²) in [6.45, 7) is 5.50. The number of ether oxygens (including phenoxy) is 3. The minimum atomic E-state index is -1.11. The third kappa shape index (κ3) is 7.25. The quantitative estimate of drug-likeness (QED) is 0.313. The third-order valence-corrected chi connectivity index (χ3v) is 6.96. The molecule has 0 aliphatic heterocycles. The van der Waals surface area contributed by atoms with Crippen LogP contribution < -0.4 is 9.47 Å². The summed E-state index contributed by atoms with van der Waals surface area (Å²) in [5.74, 6) is 0.0488. The number of hydrogen-bond acceptors (Lipinski definition) is 6. The molecule has 8 nitrogen and oxygen atoms in total. The van der Waals surface area contributed by atoms with E-state index in [0.717, 1.165) is 17.5 Å². The lowest BCUT2D eigenvalue weighted by Crippen LogP contribution is -2.47. The van der Waals surface area contributed by atoms with Crippen molar-refractivity contribution in [3.63, 3.8) is 0 Å². The van der Waals surface area contributed by atoms with Crippen LogP contribution in [0.4, 0.5) is 4.79 Å². The monoisotopic (exact) mass is 567 g/mol. The van der Waals surface area contributed by atoms with Gasteiger partial charge in [-0.15, -0.1) is 0 Å². The molecule has 9 heteroatoms. The summed E-state index contributed by atoms with van der Waals surface area (Å²) in [5, 5.41) is 21.1. The van der Waals surface area contributed by atoms with Gasteiger partial charge in [-0.25, -0.2) is 9.59 Å². The number of carboxylic acid groups (broad SMARTS) is 1. The van der Waals surface area contributed by atoms with Crippen LogP contribution in [0.25, 0.3) is 0 Å². The maximum atomic E-state index is 13.3. The Morgan fingerprint density at radius 2 is 1.70 bits per heavy atom. The number of amides is 1. The van der Waals surface area contributed by atoms with Crippen molar-refractivity contribution in [3.05, 3.63) is 87.9 Å². The van der Waals surface area contributed by atoms with Crippen LogP contribution in [0.15, 0.2) is 60.7 Å². The van der Waals surface area contributed by atoms with Gasteiger partial charge < -0.3 is 29.3 Å². The van der Waals surface area contributed by atoms with Crippen molar-refractivity contribution in [1.29, 1.82) is 0 Å². The lowest BCUT2D eigenvalue weighted by molar-refractivity contribution is 0.00194. The summed E-state index contributed by atoms with van der Waals surface area (Å²) in [4.78, 5) is 26.5. The highest BCUT2D eigenvalue weighted by molar-refractivity contribution is 6.30. The molecule has 40 heavy (non-hydrogen) atoms. The Bertz CT molecular complexity index is 1370. The number of halogens is 1. The topological polar surface area (TPSA) is 106 Å². The SMILES string of the molecule is COc1ccc(Oc2ccc3c(c2)C[C@@H](N(C[C@@H](O)c2ccc(Cl)cc2)C(=O)OC(C)(C)C)CC3)cc1C(=O)O. The molecule has 2 N–H and O–H groups in total. The minimum absolute atomic E-state index is 0.00488. The van der Waals surface area contributed by atoms with Gasteiger partial charge in [0.1, 0.15) is 28.4 Å². The van der Waals surface area contributed by atoms with Gasteiger partial charge in [-0.3, -0.25) is 0 Å². The van der Waals surface area contributed by atoms with Gasteiger partial charge in [0, 0.05) is 11.1 Å². The number of hydrogen-bond donors (Lipinski definition) is 2. The number of rotatable bonds is 8. The first-order valence-electron chi connectivity index (χ1n) is 13.1. The van der Waals surface area contributed by atoms with Crippen molar-refractivity contribution in [2.45, 2.75) is 57.8 Å². The van der Waals surface area contributed by atoms with Crippen LogP contribution in [-0.2, 0) is 17.6 Å². The maximum absolute atomic E-state index is 13.3. The summed E-state index contributed by atoms with van der Waals surface area (Å²) >= 11 is 6.01. The van der Waals surface area contributed by atoms with E-state index in [1.807, 2.05) is 39.0 Å². The molecular formula is C31H34ClNO7. The minimum Gasteiger partial charge on any atom is -0.496 e. The van der Waals surface area contributed by atoms with E-state index in [4.69, 9.17) is 25.8 Å². The second kappa shape index (κ2) is 12.2. The first kappa shape index (κ1) is 29.2. The highest BCUT2D eigenvalue weighted by Gasteiger charge is 2.33. The Balaban J connectivity index is 1.56. The molecule has 1 aliphatic carbocycles. The van der Waals surface area contributed by atoms with Crippen LogP contribution in [0.2, 0.25) is 5.02 Å². The van der Waals surface area contributed by atoms with Crippen molar-refractivity contribution in [3.8, 4) is 17.2 Å². The van der Waals surface area contributed by atoms with Crippen molar-refractivity contribution in [2.75, 3.05) is 13.7 Å². The number of aliphatic hydroxyl groups excluding tert-OH is 1. The van der Waals surface area contributed by atoms with Gasteiger partial charge in [-0.2, -0.15) is 0 Å². The zero-order chi connectivity index (χ0) is 29.0. The molecule has 0 aromatic heterocycles. The summed E-state index contributed by atoms with van der Waals surface area (Å²) in [7, 11) is 1.41. The highest BCUT2D eigenvalue weighted by atomic mass is 35.5. The lowest BCUT2D eigenvalue weighted by Gasteiger charge is -2.37. The second-order valence-corrected chi connectivity index (χ2v) is 11.2. The summed E-state index contributed by atoms with van der Waals surface area (Å²) in [5.41, 5.74) is 2.12. The number of methoxy groups -OCH3 is 1. The summed E-state index contributed by atoms with van der Waals surface area (Å²) in [6.07, 6.45) is 0.588. The molecule has 1 amide bonds. The van der Waals surface area contributed by atoms with Gasteiger partial charge in [-0.1, -0.05) is 29.8 Å². The maximum Gasteiger partial charge on any atom is 0.410 e. The Morgan fingerprint density at radius 1 is 1.02 bits per heavy atom. The van der Waals surface area contributed by atoms with E-state index in [1.165, 1.54) is 13.2 Å². The number of fused-ring (bicyclic) bond motifs is 1. The molecule has 212 valence electrons. The van der Waals surface area contributed by atoms with Gasteiger partial charge in [-0.05, 0) is 99.2 Å². The fourth-order valence-electron chi connectivity index (χ4n) is 4.77. The van der Waals surface area contributed by atoms with Crippen molar-refractivity contribution < 1.29 is 34.0 Å². The normalized spacial score (nSPS) is 15.5. The van der Waals surface area contributed by atoms with Crippen molar-refractivity contribution in [1.82, 2.24) is 4.90 Å². The Kier molecular flexibility index (Phi) is 8.91. The van der Waals surface area contributed by atoms with E-state index in [2.05, 4.69) is 0 Å². The molecule has 4 rings (SSSR count). The molecular weight excluding hydrogens is 534 g/mol. The van der Waals surface area contributed by atoms with E-state index < -0.39 is 23.8 Å². The zero-order valence-electron chi connectivity index (χ0n) is 23.0. The molecule has 0 bridgehead atoms. The molecule has 1 aliphatic rings. The molecule has 0 fully saturated rings. The molecule has 0 spiro atoms. The smallest absolute Gasteiger partial charge is 0.410 e. The molecule has 0 unspecified atom stereocenters. The van der Waals surface area contributed by atoms with Crippen LogP contribution >= 0.6 is 11.6 Å². The highest BCUT2D eigenvalue weighted by Crippen LogP contribution is 2.33. The number of aromatic carboxylic acids is 1. The predicted molar refractivity (Wildman–Crippen MR) is 152 cm³/mol. The van der Waals surface area contributed by atoms with Gasteiger partial charge in [0.2, 0.25) is 0 Å². The van der Waals surface area contributed by atoms with Gasteiger partial charge in [0.25, 0.3) is 0 Å². The number of aliphatic hydroxyl groups is 1. The van der Waals surface area contributed by atoms with E-state index in [0.29, 0.717) is 34.9 Å². The molecule has 3 aromatic carbocycles. The molecule has 2 atom stereocenters. The van der Waals surface area contributed by atoms with E-state index in [1.54, 1.807) is 41.3 Å². The lowest BCUT2D eigenvalue weighted by atomic mass is 9.87. The average Bonchev–Trinajstić information content (AvgIpc) is 2.90. The number of benzene rings is 3. The van der Waals surface area contributed by atoms with Crippen LogP contribution in [0.3, 0.4) is 0 Å². The van der Waals surface area contributed by atoms with E-state index in [9.17, 15) is 19.8 Å².